The molecule has 0 rings (SSSR count). The minimum Gasteiger partial charge on any atom is -0.379 e. The topological polar surface area (TPSA) is 18.5 Å². The van der Waals surface area contributed by atoms with Gasteiger partial charge in [-0.1, -0.05) is 0 Å². The van der Waals surface area contributed by atoms with Crippen molar-refractivity contribution < 1.29 is 9.47 Å². The molecule has 0 aromatic carbocycles. The highest BCUT2D eigenvalue weighted by molar-refractivity contribution is 4.94. The predicted octanol–water partition coefficient (Wildman–Crippen LogP) is 1.45. The van der Waals surface area contributed by atoms with Crippen LogP contribution in [0, 0.1) is 11.8 Å². The van der Waals surface area contributed by atoms with Crippen molar-refractivity contribution in [2.45, 2.75) is 20.3 Å². The summed E-state index contributed by atoms with van der Waals surface area (Å²) in [5, 5.41) is 0. The van der Waals surface area contributed by atoms with E-state index < -0.39 is 0 Å². The van der Waals surface area contributed by atoms with E-state index in [2.05, 4.69) is 11.8 Å². The number of hydrogen-bond acceptors (Lipinski definition) is 2. The molecule has 0 heterocycles. The molecule has 0 saturated carbocycles. The van der Waals surface area contributed by atoms with E-state index in [4.69, 9.17) is 9.47 Å². The van der Waals surface area contributed by atoms with Gasteiger partial charge in [-0.15, -0.1) is 11.8 Å². The first kappa shape index (κ1) is 10.5. The highest BCUT2D eigenvalue weighted by Crippen LogP contribution is 1.81. The van der Waals surface area contributed by atoms with Crippen LogP contribution in [-0.4, -0.2) is 26.4 Å². The minimum absolute atomic E-state index is 0.680. The maximum Gasteiger partial charge on any atom is 0.0700 e. The Morgan fingerprint density at radius 3 is 2.45 bits per heavy atom. The summed E-state index contributed by atoms with van der Waals surface area (Å²) in [5.41, 5.74) is 0. The van der Waals surface area contributed by atoms with Gasteiger partial charge >= 0.3 is 0 Å². The van der Waals surface area contributed by atoms with Crippen LogP contribution in [0.3, 0.4) is 0 Å². The van der Waals surface area contributed by atoms with Crippen LogP contribution in [0.25, 0.3) is 0 Å². The summed E-state index contributed by atoms with van der Waals surface area (Å²) in [5.74, 6) is 5.73. The molecule has 0 spiro atoms. The molecular formula is C9H16O2. The molecular weight excluding hydrogens is 140 g/mol. The molecule has 0 N–H and O–H groups in total. The van der Waals surface area contributed by atoms with Crippen LogP contribution in [0.5, 0.6) is 0 Å². The van der Waals surface area contributed by atoms with Gasteiger partial charge in [-0.05, 0) is 13.8 Å². The van der Waals surface area contributed by atoms with E-state index in [9.17, 15) is 0 Å². The summed E-state index contributed by atoms with van der Waals surface area (Å²) in [6, 6.07) is 0. The first-order valence-electron chi connectivity index (χ1n) is 3.97. The van der Waals surface area contributed by atoms with Crippen molar-refractivity contribution in [2.75, 3.05) is 26.4 Å². The zero-order valence-corrected chi connectivity index (χ0v) is 7.35. The van der Waals surface area contributed by atoms with Gasteiger partial charge in [0.2, 0.25) is 0 Å². The van der Waals surface area contributed by atoms with Crippen LogP contribution in [-0.2, 0) is 9.47 Å². The molecule has 0 aliphatic rings. The summed E-state index contributed by atoms with van der Waals surface area (Å²) >= 11 is 0. The maximum absolute atomic E-state index is 5.21. The third-order valence-electron chi connectivity index (χ3n) is 1.12. The SMILES string of the molecule is CC#CCCOCCOCC. The predicted molar refractivity (Wildman–Crippen MR) is 45.4 cm³/mol. The summed E-state index contributed by atoms with van der Waals surface area (Å²) in [6.45, 7) is 6.66. The maximum atomic E-state index is 5.21. The van der Waals surface area contributed by atoms with E-state index in [1.54, 1.807) is 0 Å². The number of hydrogen-bond donors (Lipinski definition) is 0. The Labute approximate surface area is 68.9 Å². The summed E-state index contributed by atoms with van der Waals surface area (Å²) in [7, 11) is 0. The first-order valence-corrected chi connectivity index (χ1v) is 3.97. The lowest BCUT2D eigenvalue weighted by molar-refractivity contribution is 0.0552. The molecule has 0 saturated heterocycles. The minimum atomic E-state index is 0.680. The quantitative estimate of drug-likeness (QED) is 0.428. The molecule has 0 aliphatic carbocycles. The molecule has 0 aliphatic heterocycles. The summed E-state index contributed by atoms with van der Waals surface area (Å²) in [4.78, 5) is 0. The van der Waals surface area contributed by atoms with Crippen molar-refractivity contribution in [3.05, 3.63) is 0 Å². The Kier molecular flexibility index (Phi) is 9.03. The Hall–Kier alpha value is -0.520. The van der Waals surface area contributed by atoms with Gasteiger partial charge in [0.25, 0.3) is 0 Å². The van der Waals surface area contributed by atoms with Gasteiger partial charge in [-0.3, -0.25) is 0 Å². The summed E-state index contributed by atoms with van der Waals surface area (Å²) in [6.07, 6.45) is 0.822. The molecule has 0 bridgehead atoms. The Bertz CT molecular complexity index is 121. The second-order valence-corrected chi connectivity index (χ2v) is 1.99. The molecule has 0 aromatic rings. The standard InChI is InChI=1S/C9H16O2/c1-3-5-6-7-11-9-8-10-4-2/h4,6-9H2,1-2H3. The van der Waals surface area contributed by atoms with E-state index in [1.807, 2.05) is 13.8 Å². The third-order valence-corrected chi connectivity index (χ3v) is 1.12. The van der Waals surface area contributed by atoms with Crippen LogP contribution in [0.1, 0.15) is 20.3 Å². The van der Waals surface area contributed by atoms with Crippen molar-refractivity contribution in [1.29, 1.82) is 0 Å². The first-order chi connectivity index (χ1) is 5.41. The fourth-order valence-corrected chi connectivity index (χ4v) is 0.612. The molecule has 64 valence electrons. The van der Waals surface area contributed by atoms with Gasteiger partial charge in [0.05, 0.1) is 19.8 Å². The fraction of sp³-hybridized carbons (Fsp3) is 0.778. The zero-order chi connectivity index (χ0) is 8.36. The second-order valence-electron chi connectivity index (χ2n) is 1.99. The van der Waals surface area contributed by atoms with Gasteiger partial charge < -0.3 is 9.47 Å². The van der Waals surface area contributed by atoms with Crippen LogP contribution >= 0.6 is 0 Å². The molecule has 0 atom stereocenters. The average Bonchev–Trinajstić information content (AvgIpc) is 2.03. The van der Waals surface area contributed by atoms with Crippen molar-refractivity contribution in [1.82, 2.24) is 0 Å². The molecule has 0 fully saturated rings. The van der Waals surface area contributed by atoms with Crippen molar-refractivity contribution in [2.24, 2.45) is 0 Å². The monoisotopic (exact) mass is 156 g/mol. The van der Waals surface area contributed by atoms with E-state index in [0.717, 1.165) is 13.0 Å². The largest absolute Gasteiger partial charge is 0.379 e. The normalized spacial score (nSPS) is 8.91. The Morgan fingerprint density at radius 1 is 1.09 bits per heavy atom. The van der Waals surface area contributed by atoms with E-state index >= 15 is 0 Å². The van der Waals surface area contributed by atoms with Gasteiger partial charge in [0.1, 0.15) is 0 Å². The third kappa shape index (κ3) is 9.48. The molecule has 0 amide bonds. The summed E-state index contributed by atoms with van der Waals surface area (Å²) < 4.78 is 10.3. The lowest BCUT2D eigenvalue weighted by Gasteiger charge is -2.00. The second kappa shape index (κ2) is 9.48. The van der Waals surface area contributed by atoms with Crippen molar-refractivity contribution >= 4 is 0 Å². The Morgan fingerprint density at radius 2 is 1.82 bits per heavy atom. The smallest absolute Gasteiger partial charge is 0.0700 e. The Balaban J connectivity index is 2.83. The lowest BCUT2D eigenvalue weighted by Crippen LogP contribution is -2.04. The number of rotatable bonds is 6. The van der Waals surface area contributed by atoms with Gasteiger partial charge in [0, 0.05) is 13.0 Å². The van der Waals surface area contributed by atoms with Gasteiger partial charge in [0.15, 0.2) is 0 Å². The van der Waals surface area contributed by atoms with Gasteiger partial charge in [-0.25, -0.2) is 0 Å². The number of ether oxygens (including phenoxy) is 2. The van der Waals surface area contributed by atoms with E-state index in [0.29, 0.717) is 19.8 Å². The molecule has 0 radical (unpaired) electrons. The molecule has 0 unspecified atom stereocenters. The van der Waals surface area contributed by atoms with Crippen LogP contribution in [0.4, 0.5) is 0 Å². The fourth-order valence-electron chi connectivity index (χ4n) is 0.612. The van der Waals surface area contributed by atoms with Crippen molar-refractivity contribution in [3.8, 4) is 11.8 Å². The van der Waals surface area contributed by atoms with Crippen LogP contribution < -0.4 is 0 Å². The lowest BCUT2D eigenvalue weighted by atomic mass is 10.4. The highest BCUT2D eigenvalue weighted by Gasteiger charge is 1.85. The van der Waals surface area contributed by atoms with E-state index in [1.165, 1.54) is 0 Å². The molecule has 11 heavy (non-hydrogen) atoms. The van der Waals surface area contributed by atoms with Crippen LogP contribution in [0.2, 0.25) is 0 Å². The van der Waals surface area contributed by atoms with Crippen molar-refractivity contribution in [3.63, 3.8) is 0 Å². The molecule has 2 nitrogen and oxygen atoms in total. The van der Waals surface area contributed by atoms with Crippen LogP contribution in [0.15, 0.2) is 0 Å². The van der Waals surface area contributed by atoms with Gasteiger partial charge in [-0.2, -0.15) is 0 Å². The zero-order valence-electron chi connectivity index (χ0n) is 7.35. The highest BCUT2D eigenvalue weighted by atomic mass is 16.5. The molecule has 2 heteroatoms. The average molecular weight is 156 g/mol. The van der Waals surface area contributed by atoms with E-state index in [-0.39, 0.29) is 0 Å². The molecule has 0 aromatic heterocycles.